The van der Waals surface area contributed by atoms with Gasteiger partial charge in [0.25, 0.3) is 11.8 Å². The Hall–Kier alpha value is -4.78. The molecule has 0 aliphatic rings. The van der Waals surface area contributed by atoms with Crippen molar-refractivity contribution in [2.24, 2.45) is 0 Å². The molecule has 1 atom stereocenters. The Kier molecular flexibility index (Phi) is 8.05. The molecule has 3 aromatic carbocycles. The smallest absolute Gasteiger partial charge is 0.268 e. The Balaban J connectivity index is 1.66. The molecule has 0 fully saturated rings. The molecule has 0 saturated heterocycles. The van der Waals surface area contributed by atoms with E-state index in [9.17, 15) is 9.59 Å². The number of ether oxygens (including phenoxy) is 2. The summed E-state index contributed by atoms with van der Waals surface area (Å²) in [4.78, 5) is 26.8. The summed E-state index contributed by atoms with van der Waals surface area (Å²) in [5.41, 5.74) is 3.22. The largest absolute Gasteiger partial charge is 0.493 e. The third-order valence-corrected chi connectivity index (χ3v) is 5.88. The topological polar surface area (TPSA) is 89.8 Å². The summed E-state index contributed by atoms with van der Waals surface area (Å²) in [6.07, 6.45) is 2.99. The van der Waals surface area contributed by atoms with Crippen molar-refractivity contribution < 1.29 is 23.5 Å². The molecule has 1 aromatic heterocycles. The van der Waals surface area contributed by atoms with Gasteiger partial charge in [-0.3, -0.25) is 9.59 Å². The third-order valence-electron chi connectivity index (χ3n) is 5.88. The van der Waals surface area contributed by atoms with Gasteiger partial charge in [-0.05, 0) is 53.9 Å². The fraction of sp³-hybridized carbons (Fsp3) is 0.133. The maximum absolute atomic E-state index is 13.6. The molecule has 0 radical (unpaired) electrons. The van der Waals surface area contributed by atoms with Gasteiger partial charge in [-0.1, -0.05) is 54.6 Å². The van der Waals surface area contributed by atoms with Crippen LogP contribution in [0.3, 0.4) is 0 Å². The van der Waals surface area contributed by atoms with Crippen molar-refractivity contribution in [2.45, 2.75) is 13.0 Å². The van der Waals surface area contributed by atoms with Crippen LogP contribution in [0.4, 0.5) is 0 Å². The van der Waals surface area contributed by atoms with E-state index in [1.807, 2.05) is 61.5 Å². The fourth-order valence-corrected chi connectivity index (χ4v) is 3.95. The normalized spacial score (nSPS) is 11.9. The predicted molar refractivity (Wildman–Crippen MR) is 141 cm³/mol. The lowest BCUT2D eigenvalue weighted by atomic mass is 9.95. The van der Waals surface area contributed by atoms with E-state index < -0.39 is 17.9 Å². The van der Waals surface area contributed by atoms with Crippen molar-refractivity contribution in [1.29, 1.82) is 0 Å². The number of furan rings is 1. The summed E-state index contributed by atoms with van der Waals surface area (Å²) in [5.74, 6) is 0.361. The van der Waals surface area contributed by atoms with Crippen LogP contribution in [0.25, 0.3) is 6.08 Å². The Morgan fingerprint density at radius 3 is 2.27 bits per heavy atom. The van der Waals surface area contributed by atoms with Gasteiger partial charge < -0.3 is 24.5 Å². The minimum atomic E-state index is -0.485. The lowest BCUT2D eigenvalue weighted by molar-refractivity contribution is -0.118. The number of hydrogen-bond acceptors (Lipinski definition) is 5. The lowest BCUT2D eigenvalue weighted by Gasteiger charge is -2.22. The van der Waals surface area contributed by atoms with Gasteiger partial charge >= 0.3 is 0 Å². The van der Waals surface area contributed by atoms with Crippen molar-refractivity contribution >= 4 is 17.9 Å². The van der Waals surface area contributed by atoms with Crippen LogP contribution < -0.4 is 20.1 Å². The van der Waals surface area contributed by atoms with E-state index in [4.69, 9.17) is 13.9 Å². The van der Waals surface area contributed by atoms with Gasteiger partial charge in [0, 0.05) is 11.6 Å². The van der Waals surface area contributed by atoms with Crippen LogP contribution in [0.1, 0.15) is 38.9 Å². The number of hydrogen-bond donors (Lipinski definition) is 2. The molecular formula is C30H28N2O5. The van der Waals surface area contributed by atoms with Crippen molar-refractivity contribution in [3.63, 3.8) is 0 Å². The Morgan fingerprint density at radius 2 is 1.59 bits per heavy atom. The van der Waals surface area contributed by atoms with Gasteiger partial charge in [0.1, 0.15) is 11.5 Å². The average molecular weight is 497 g/mol. The number of amides is 2. The average Bonchev–Trinajstić information content (AvgIpc) is 3.45. The summed E-state index contributed by atoms with van der Waals surface area (Å²) in [6.45, 7) is 2.00. The molecule has 0 aliphatic carbocycles. The minimum Gasteiger partial charge on any atom is -0.493 e. The third kappa shape index (κ3) is 6.08. The zero-order chi connectivity index (χ0) is 26.2. The number of nitrogens with one attached hydrogen (secondary N) is 2. The second-order valence-electron chi connectivity index (χ2n) is 8.27. The Bertz CT molecular complexity index is 1390. The van der Waals surface area contributed by atoms with E-state index in [1.165, 1.54) is 26.6 Å². The summed E-state index contributed by atoms with van der Waals surface area (Å²) in [7, 11) is 3.01. The maximum Gasteiger partial charge on any atom is 0.268 e. The molecule has 37 heavy (non-hydrogen) atoms. The molecule has 4 aromatic rings. The van der Waals surface area contributed by atoms with Crippen LogP contribution in [-0.4, -0.2) is 26.0 Å². The highest BCUT2D eigenvalue weighted by Gasteiger charge is 2.23. The molecule has 7 nitrogen and oxygen atoms in total. The first-order valence-corrected chi connectivity index (χ1v) is 11.7. The summed E-state index contributed by atoms with van der Waals surface area (Å²) in [5, 5.41) is 5.83. The fourth-order valence-electron chi connectivity index (χ4n) is 3.95. The number of methoxy groups -OCH3 is 2. The zero-order valence-electron chi connectivity index (χ0n) is 20.9. The standard InChI is InChI=1S/C30H28N2O5/c1-20-10-7-8-14-24(20)28(21-11-5-4-6-12-21)32-30(34)25(19-23-13-9-17-37-23)31-29(33)22-15-16-26(35-2)27(18-22)36-3/h4-19,28H,1-3H3,(H,31,33)(H,32,34)/b25-19-. The van der Waals surface area contributed by atoms with E-state index >= 15 is 0 Å². The molecule has 4 rings (SSSR count). The Morgan fingerprint density at radius 1 is 0.865 bits per heavy atom. The van der Waals surface area contributed by atoms with Gasteiger partial charge in [0.15, 0.2) is 11.5 Å². The zero-order valence-corrected chi connectivity index (χ0v) is 20.9. The predicted octanol–water partition coefficient (Wildman–Crippen LogP) is 5.28. The molecule has 2 N–H and O–H groups in total. The molecular weight excluding hydrogens is 468 g/mol. The highest BCUT2D eigenvalue weighted by Crippen LogP contribution is 2.28. The van der Waals surface area contributed by atoms with Gasteiger partial charge in [0.05, 0.1) is 26.5 Å². The molecule has 2 amide bonds. The molecule has 188 valence electrons. The molecule has 1 heterocycles. The van der Waals surface area contributed by atoms with Crippen LogP contribution in [0.2, 0.25) is 0 Å². The maximum atomic E-state index is 13.6. The molecule has 0 spiro atoms. The second-order valence-corrected chi connectivity index (χ2v) is 8.27. The first-order chi connectivity index (χ1) is 18.0. The summed E-state index contributed by atoms with van der Waals surface area (Å²) in [6, 6.07) is 25.3. The van der Waals surface area contributed by atoms with E-state index in [0.717, 1.165) is 16.7 Å². The second kappa shape index (κ2) is 11.8. The molecule has 7 heteroatoms. The highest BCUT2D eigenvalue weighted by atomic mass is 16.5. The van der Waals surface area contributed by atoms with Crippen molar-refractivity contribution in [3.8, 4) is 11.5 Å². The van der Waals surface area contributed by atoms with E-state index in [2.05, 4.69) is 10.6 Å². The minimum absolute atomic E-state index is 0.0317. The number of rotatable bonds is 9. The highest BCUT2D eigenvalue weighted by molar-refractivity contribution is 6.05. The quantitative estimate of drug-likeness (QED) is 0.308. The summed E-state index contributed by atoms with van der Waals surface area (Å²) >= 11 is 0. The van der Waals surface area contributed by atoms with Gasteiger partial charge in [-0.25, -0.2) is 0 Å². The van der Waals surface area contributed by atoms with Gasteiger partial charge in [0.2, 0.25) is 0 Å². The lowest BCUT2D eigenvalue weighted by Crippen LogP contribution is -2.37. The molecule has 0 aliphatic heterocycles. The van der Waals surface area contributed by atoms with Crippen LogP contribution in [0, 0.1) is 6.92 Å². The van der Waals surface area contributed by atoms with Crippen molar-refractivity contribution in [1.82, 2.24) is 10.6 Å². The molecule has 0 saturated carbocycles. The Labute approximate surface area is 215 Å². The first-order valence-electron chi connectivity index (χ1n) is 11.7. The molecule has 0 bridgehead atoms. The first kappa shape index (κ1) is 25.3. The van der Waals surface area contributed by atoms with E-state index in [1.54, 1.807) is 30.3 Å². The van der Waals surface area contributed by atoms with Crippen LogP contribution in [-0.2, 0) is 4.79 Å². The SMILES string of the molecule is COc1ccc(C(=O)N/C(=C\c2ccco2)C(=O)NC(c2ccccc2)c2ccccc2C)cc1OC. The monoisotopic (exact) mass is 496 g/mol. The summed E-state index contributed by atoms with van der Waals surface area (Å²) < 4.78 is 16.0. The number of carbonyl (C=O) groups is 2. The van der Waals surface area contributed by atoms with Crippen LogP contribution in [0.5, 0.6) is 11.5 Å². The van der Waals surface area contributed by atoms with E-state index in [-0.39, 0.29) is 5.70 Å². The van der Waals surface area contributed by atoms with Crippen molar-refractivity contribution in [2.75, 3.05) is 14.2 Å². The number of aryl methyl sites for hydroxylation is 1. The van der Waals surface area contributed by atoms with Gasteiger partial charge in [-0.15, -0.1) is 0 Å². The van der Waals surface area contributed by atoms with Gasteiger partial charge in [-0.2, -0.15) is 0 Å². The number of benzene rings is 3. The van der Waals surface area contributed by atoms with Crippen LogP contribution >= 0.6 is 0 Å². The van der Waals surface area contributed by atoms with E-state index in [0.29, 0.717) is 22.8 Å². The van der Waals surface area contributed by atoms with Crippen molar-refractivity contribution in [3.05, 3.63) is 125 Å². The van der Waals surface area contributed by atoms with Crippen LogP contribution in [0.15, 0.2) is 101 Å². The number of carbonyl (C=O) groups excluding carboxylic acids is 2. The molecule has 1 unspecified atom stereocenters.